The van der Waals surface area contributed by atoms with Crippen molar-refractivity contribution in [3.63, 3.8) is 0 Å². The molecule has 6 aromatic rings. The van der Waals surface area contributed by atoms with Gasteiger partial charge in [-0.2, -0.15) is 9.61 Å². The summed E-state index contributed by atoms with van der Waals surface area (Å²) in [6.45, 7) is 0.418. The van der Waals surface area contributed by atoms with E-state index in [9.17, 15) is 9.18 Å². The molecule has 6 rings (SSSR count). The zero-order valence-corrected chi connectivity index (χ0v) is 17.8. The van der Waals surface area contributed by atoms with E-state index in [1.165, 1.54) is 27.5 Å². The van der Waals surface area contributed by atoms with Gasteiger partial charge < -0.3 is 4.98 Å². The van der Waals surface area contributed by atoms with Gasteiger partial charge in [0.25, 0.3) is 5.56 Å². The smallest absolute Gasteiger partial charge is 0.283 e. The van der Waals surface area contributed by atoms with Gasteiger partial charge in [-0.3, -0.25) is 9.36 Å². The van der Waals surface area contributed by atoms with E-state index in [-0.39, 0.29) is 16.9 Å². The van der Waals surface area contributed by atoms with Crippen molar-refractivity contribution >= 4 is 39.3 Å². The predicted octanol–water partition coefficient (Wildman–Crippen LogP) is 4.02. The Kier molecular flexibility index (Phi) is 4.44. The van der Waals surface area contributed by atoms with E-state index in [4.69, 9.17) is 11.6 Å². The summed E-state index contributed by atoms with van der Waals surface area (Å²) >= 11 is 6.13. The van der Waals surface area contributed by atoms with Crippen molar-refractivity contribution in [2.24, 2.45) is 0 Å². The molecule has 33 heavy (non-hydrogen) atoms. The summed E-state index contributed by atoms with van der Waals surface area (Å²) in [5.41, 5.74) is 4.04. The van der Waals surface area contributed by atoms with Crippen molar-refractivity contribution in [2.45, 2.75) is 13.0 Å². The number of nitrogens with zero attached hydrogens (tertiary/aromatic N) is 6. The number of benzene rings is 2. The van der Waals surface area contributed by atoms with Gasteiger partial charge in [0, 0.05) is 34.2 Å². The summed E-state index contributed by atoms with van der Waals surface area (Å²) in [6, 6.07) is 11.7. The Morgan fingerprint density at radius 2 is 1.91 bits per heavy atom. The summed E-state index contributed by atoms with van der Waals surface area (Å²) < 4.78 is 16.3. The molecule has 0 unspecified atom stereocenters. The third-order valence-electron chi connectivity index (χ3n) is 5.69. The van der Waals surface area contributed by atoms with Crippen LogP contribution in [0.5, 0.6) is 0 Å². The Morgan fingerprint density at radius 3 is 2.76 bits per heavy atom. The van der Waals surface area contributed by atoms with Crippen molar-refractivity contribution < 1.29 is 4.39 Å². The molecule has 0 atom stereocenters. The number of fused-ring (bicyclic) bond motifs is 4. The van der Waals surface area contributed by atoms with Crippen molar-refractivity contribution in [1.29, 1.82) is 0 Å². The number of nitrogens with one attached hydrogen (secondary N) is 1. The van der Waals surface area contributed by atoms with Crippen molar-refractivity contribution in [2.75, 3.05) is 0 Å². The number of H-pyrrole nitrogens is 1. The Balaban J connectivity index is 1.37. The lowest BCUT2D eigenvalue weighted by Gasteiger charge is -2.06. The van der Waals surface area contributed by atoms with Crippen LogP contribution in [0.15, 0.2) is 66.0 Å². The van der Waals surface area contributed by atoms with Gasteiger partial charge in [0.2, 0.25) is 0 Å². The molecule has 162 valence electrons. The van der Waals surface area contributed by atoms with Gasteiger partial charge in [-0.25, -0.2) is 9.37 Å². The molecule has 4 heterocycles. The lowest BCUT2D eigenvalue weighted by Crippen LogP contribution is -2.23. The van der Waals surface area contributed by atoms with Crippen molar-refractivity contribution in [1.82, 2.24) is 34.3 Å². The molecule has 0 spiro atoms. The van der Waals surface area contributed by atoms with E-state index in [0.29, 0.717) is 34.8 Å². The minimum absolute atomic E-state index is 0.126. The van der Waals surface area contributed by atoms with Gasteiger partial charge in [-0.15, -0.1) is 10.2 Å². The van der Waals surface area contributed by atoms with Crippen molar-refractivity contribution in [3.05, 3.63) is 87.9 Å². The van der Waals surface area contributed by atoms with Crippen LogP contribution in [0.25, 0.3) is 38.8 Å². The molecule has 0 amide bonds. The molecule has 0 bridgehead atoms. The van der Waals surface area contributed by atoms with E-state index >= 15 is 0 Å². The normalized spacial score (nSPS) is 11.7. The summed E-state index contributed by atoms with van der Waals surface area (Å²) in [5.74, 6) is -0.329. The fourth-order valence-electron chi connectivity index (χ4n) is 3.99. The highest BCUT2D eigenvalue weighted by atomic mass is 35.5. The largest absolute Gasteiger partial charge is 0.361 e. The Morgan fingerprint density at radius 1 is 1.06 bits per heavy atom. The Labute approximate surface area is 190 Å². The van der Waals surface area contributed by atoms with Gasteiger partial charge in [-0.1, -0.05) is 23.7 Å². The minimum atomic E-state index is -0.329. The molecule has 8 nitrogen and oxygen atoms in total. The Bertz CT molecular complexity index is 1720. The fourth-order valence-corrected chi connectivity index (χ4v) is 4.17. The molecular weight excluding hydrogens is 445 g/mol. The fraction of sp³-hybridized carbons (Fsp3) is 0.0870. The highest BCUT2D eigenvalue weighted by Crippen LogP contribution is 2.25. The van der Waals surface area contributed by atoms with Crippen LogP contribution in [0.2, 0.25) is 5.02 Å². The number of halogens is 2. The first-order valence-corrected chi connectivity index (χ1v) is 10.6. The van der Waals surface area contributed by atoms with Crippen LogP contribution in [0.4, 0.5) is 4.39 Å². The number of aromatic nitrogens is 7. The third-order valence-corrected chi connectivity index (χ3v) is 5.93. The monoisotopic (exact) mass is 459 g/mol. The molecule has 0 aliphatic rings. The summed E-state index contributed by atoms with van der Waals surface area (Å²) in [4.78, 5) is 20.7. The van der Waals surface area contributed by atoms with Crippen LogP contribution in [0.1, 0.15) is 5.56 Å². The molecule has 1 N–H and O–H groups in total. The molecular formula is C23H15ClFN7O. The summed E-state index contributed by atoms with van der Waals surface area (Å²) in [6.07, 6.45) is 5.63. The van der Waals surface area contributed by atoms with Gasteiger partial charge in [0.05, 0.1) is 6.20 Å². The average Bonchev–Trinajstić information content (AvgIpc) is 3.43. The maximum absolute atomic E-state index is 13.3. The number of rotatable bonds is 4. The zero-order valence-electron chi connectivity index (χ0n) is 17.0. The SMILES string of the molecule is O=c1c2nnc3c(-c4ccc(F)cc4)cnn3c2ncn1CCc1c[nH]c2ccc(Cl)cc12. The first-order chi connectivity index (χ1) is 16.1. The maximum Gasteiger partial charge on any atom is 0.283 e. The molecule has 4 aromatic heterocycles. The first-order valence-electron chi connectivity index (χ1n) is 10.2. The van der Waals surface area contributed by atoms with Crippen LogP contribution in [-0.4, -0.2) is 34.3 Å². The van der Waals surface area contributed by atoms with E-state index in [1.807, 2.05) is 24.4 Å². The van der Waals surface area contributed by atoms with Gasteiger partial charge in [0.15, 0.2) is 16.8 Å². The summed E-state index contributed by atoms with van der Waals surface area (Å²) in [5, 5.41) is 14.4. The molecule has 0 saturated carbocycles. The molecule has 0 radical (unpaired) electrons. The molecule has 0 saturated heterocycles. The second kappa shape index (κ2) is 7.49. The number of aromatic amines is 1. The van der Waals surface area contributed by atoms with Crippen LogP contribution >= 0.6 is 11.6 Å². The highest BCUT2D eigenvalue weighted by molar-refractivity contribution is 6.31. The first kappa shape index (κ1) is 19.6. The van der Waals surface area contributed by atoms with Crippen LogP contribution < -0.4 is 5.56 Å². The zero-order chi connectivity index (χ0) is 22.5. The molecule has 10 heteroatoms. The lowest BCUT2D eigenvalue weighted by molar-refractivity contribution is 0.628. The quantitative estimate of drug-likeness (QED) is 0.430. The maximum atomic E-state index is 13.3. The second-order valence-corrected chi connectivity index (χ2v) is 8.11. The number of hydrogen-bond donors (Lipinski definition) is 1. The topological polar surface area (TPSA) is 93.8 Å². The third kappa shape index (κ3) is 3.25. The Hall–Kier alpha value is -4.11. The molecule has 0 aliphatic heterocycles. The van der Waals surface area contributed by atoms with E-state index in [0.717, 1.165) is 22.0 Å². The van der Waals surface area contributed by atoms with E-state index in [2.05, 4.69) is 25.3 Å². The summed E-state index contributed by atoms with van der Waals surface area (Å²) in [7, 11) is 0. The minimum Gasteiger partial charge on any atom is -0.361 e. The van der Waals surface area contributed by atoms with E-state index < -0.39 is 0 Å². The highest BCUT2D eigenvalue weighted by Gasteiger charge is 2.16. The van der Waals surface area contributed by atoms with Gasteiger partial charge in [0.1, 0.15) is 12.1 Å². The van der Waals surface area contributed by atoms with Crippen LogP contribution in [0.3, 0.4) is 0 Å². The molecule has 0 aliphatic carbocycles. The lowest BCUT2D eigenvalue weighted by atomic mass is 10.1. The molecule has 0 fully saturated rings. The second-order valence-electron chi connectivity index (χ2n) is 7.67. The predicted molar refractivity (Wildman–Crippen MR) is 123 cm³/mol. The average molecular weight is 460 g/mol. The van der Waals surface area contributed by atoms with E-state index in [1.54, 1.807) is 18.3 Å². The standard InChI is InChI=1S/C23H15ClFN7O/c24-15-3-6-19-17(9-15)14(10-26-19)7-8-31-12-27-22-20(23(31)33)29-30-21-18(11-28-32(21)22)13-1-4-16(25)5-2-13/h1-6,9-12,26H,7-8H2. The molecule has 2 aromatic carbocycles. The van der Waals surface area contributed by atoms with Gasteiger partial charge >= 0.3 is 0 Å². The van der Waals surface area contributed by atoms with Crippen LogP contribution in [0, 0.1) is 5.82 Å². The van der Waals surface area contributed by atoms with Crippen molar-refractivity contribution in [3.8, 4) is 11.1 Å². The van der Waals surface area contributed by atoms with Gasteiger partial charge in [-0.05, 0) is 47.9 Å². The number of hydrogen-bond acceptors (Lipinski definition) is 5. The van der Waals surface area contributed by atoms with Crippen LogP contribution in [-0.2, 0) is 13.0 Å². The number of aryl methyl sites for hydroxylation is 2.